The molecule has 0 amide bonds. The summed E-state index contributed by atoms with van der Waals surface area (Å²) in [6, 6.07) is 10.6. The van der Waals surface area contributed by atoms with E-state index in [1.165, 1.54) is 10.4 Å². The molecule has 102 valence electrons. The van der Waals surface area contributed by atoms with E-state index in [0.29, 0.717) is 0 Å². The van der Waals surface area contributed by atoms with E-state index in [1.54, 1.807) is 11.3 Å². The van der Waals surface area contributed by atoms with Crippen molar-refractivity contribution in [2.24, 2.45) is 0 Å². The maximum atomic E-state index is 3.61. The van der Waals surface area contributed by atoms with Crippen LogP contribution in [0.3, 0.4) is 0 Å². The number of hydrogen-bond donors (Lipinski definition) is 1. The van der Waals surface area contributed by atoms with Gasteiger partial charge >= 0.3 is 0 Å². The summed E-state index contributed by atoms with van der Waals surface area (Å²) >= 11 is 12.3. The summed E-state index contributed by atoms with van der Waals surface area (Å²) in [5.74, 6) is 0. The average molecular weight is 468 g/mol. The van der Waals surface area contributed by atoms with Crippen LogP contribution in [0.5, 0.6) is 0 Å². The molecule has 19 heavy (non-hydrogen) atoms. The van der Waals surface area contributed by atoms with Gasteiger partial charge in [-0.3, -0.25) is 0 Å². The van der Waals surface area contributed by atoms with Crippen LogP contribution in [0.25, 0.3) is 0 Å². The smallest absolute Gasteiger partial charge is 0.0843 e. The Morgan fingerprint density at radius 3 is 2.26 bits per heavy atom. The van der Waals surface area contributed by atoms with Crippen LogP contribution in [0, 0.1) is 0 Å². The van der Waals surface area contributed by atoms with Gasteiger partial charge in [0.2, 0.25) is 0 Å². The fourth-order valence-electron chi connectivity index (χ4n) is 1.76. The van der Waals surface area contributed by atoms with Gasteiger partial charge in [-0.15, -0.1) is 11.3 Å². The fraction of sp³-hybridized carbons (Fsp3) is 0.286. The Morgan fingerprint density at radius 1 is 1.11 bits per heavy atom. The van der Waals surface area contributed by atoms with Crippen LogP contribution < -0.4 is 5.32 Å². The van der Waals surface area contributed by atoms with E-state index in [0.717, 1.165) is 19.3 Å². The van der Waals surface area contributed by atoms with Gasteiger partial charge in [-0.1, -0.05) is 28.1 Å². The maximum Gasteiger partial charge on any atom is 0.0843 e. The highest BCUT2D eigenvalue weighted by atomic mass is 79.9. The second-order valence-corrected chi connectivity index (χ2v) is 9.04. The number of nitrogens with one attached hydrogen (secondary N) is 1. The standard InChI is InChI=1S/C14H14Br3NS/c1-14(2,9-3-5-10(15)6-4-9)18-8-11-7-12(16)13(17)19-11/h3-7,18H,8H2,1-2H3. The lowest BCUT2D eigenvalue weighted by atomic mass is 9.94. The molecule has 0 bridgehead atoms. The van der Waals surface area contributed by atoms with E-state index in [1.807, 2.05) is 0 Å². The highest BCUT2D eigenvalue weighted by molar-refractivity contribution is 9.13. The number of benzene rings is 1. The minimum absolute atomic E-state index is 0.0519. The Hall–Kier alpha value is 0.320. The van der Waals surface area contributed by atoms with Gasteiger partial charge in [0, 0.05) is 25.9 Å². The summed E-state index contributed by atoms with van der Waals surface area (Å²) in [7, 11) is 0. The molecule has 1 nitrogen and oxygen atoms in total. The molecule has 0 saturated carbocycles. The van der Waals surface area contributed by atoms with Crippen molar-refractivity contribution in [3.05, 3.63) is 53.5 Å². The first-order valence-electron chi connectivity index (χ1n) is 5.83. The Bertz CT molecular complexity index is 541. The molecule has 0 radical (unpaired) electrons. The molecule has 0 aliphatic rings. The first-order chi connectivity index (χ1) is 8.88. The Labute approximate surface area is 143 Å². The van der Waals surface area contributed by atoms with Crippen molar-refractivity contribution in [1.82, 2.24) is 5.32 Å². The van der Waals surface area contributed by atoms with Crippen LogP contribution in [-0.2, 0) is 12.1 Å². The zero-order chi connectivity index (χ0) is 14.0. The fourth-order valence-corrected chi connectivity index (χ4v) is 4.14. The monoisotopic (exact) mass is 465 g/mol. The summed E-state index contributed by atoms with van der Waals surface area (Å²) < 4.78 is 3.37. The summed E-state index contributed by atoms with van der Waals surface area (Å²) in [4.78, 5) is 1.31. The predicted molar refractivity (Wildman–Crippen MR) is 93.7 cm³/mol. The third-order valence-corrected chi connectivity index (χ3v) is 6.75. The minimum atomic E-state index is -0.0519. The van der Waals surface area contributed by atoms with Crippen LogP contribution in [0.1, 0.15) is 24.3 Å². The van der Waals surface area contributed by atoms with Crippen molar-refractivity contribution in [3.63, 3.8) is 0 Å². The molecule has 1 aromatic heterocycles. The van der Waals surface area contributed by atoms with Gasteiger partial charge in [0.05, 0.1) is 3.79 Å². The number of halogens is 3. The zero-order valence-electron chi connectivity index (χ0n) is 10.6. The van der Waals surface area contributed by atoms with Crippen molar-refractivity contribution >= 4 is 59.1 Å². The number of thiophene rings is 1. The molecule has 1 heterocycles. The Balaban J connectivity index is 2.06. The molecule has 5 heteroatoms. The summed E-state index contributed by atoms with van der Waals surface area (Å²) in [6.07, 6.45) is 0. The molecule has 2 aromatic rings. The third kappa shape index (κ3) is 4.14. The van der Waals surface area contributed by atoms with Crippen molar-refractivity contribution in [1.29, 1.82) is 0 Å². The van der Waals surface area contributed by atoms with Gasteiger partial charge in [0.15, 0.2) is 0 Å². The van der Waals surface area contributed by atoms with Crippen LogP contribution in [0.15, 0.2) is 43.1 Å². The normalized spacial score (nSPS) is 11.8. The molecule has 2 rings (SSSR count). The lowest BCUT2D eigenvalue weighted by Gasteiger charge is -2.27. The minimum Gasteiger partial charge on any atom is -0.303 e. The Morgan fingerprint density at radius 2 is 1.74 bits per heavy atom. The predicted octanol–water partition coefficient (Wildman–Crippen LogP) is 6.06. The lowest BCUT2D eigenvalue weighted by Crippen LogP contribution is -2.35. The molecular formula is C14H14Br3NS. The van der Waals surface area contributed by atoms with Crippen molar-refractivity contribution in [2.45, 2.75) is 25.9 Å². The van der Waals surface area contributed by atoms with Crippen LogP contribution >= 0.6 is 59.1 Å². The van der Waals surface area contributed by atoms with E-state index in [-0.39, 0.29) is 5.54 Å². The van der Waals surface area contributed by atoms with Gasteiger partial charge in [-0.25, -0.2) is 0 Å². The lowest BCUT2D eigenvalue weighted by molar-refractivity contribution is 0.403. The average Bonchev–Trinajstić information content (AvgIpc) is 2.67. The van der Waals surface area contributed by atoms with E-state index in [4.69, 9.17) is 0 Å². The molecule has 0 fully saturated rings. The largest absolute Gasteiger partial charge is 0.303 e. The molecule has 0 unspecified atom stereocenters. The van der Waals surface area contributed by atoms with E-state index >= 15 is 0 Å². The first-order valence-corrected chi connectivity index (χ1v) is 9.03. The second-order valence-electron chi connectivity index (χ2n) is 4.82. The van der Waals surface area contributed by atoms with E-state index < -0.39 is 0 Å². The molecule has 0 spiro atoms. The molecular weight excluding hydrogens is 454 g/mol. The van der Waals surface area contributed by atoms with Crippen LogP contribution in [-0.4, -0.2) is 0 Å². The van der Waals surface area contributed by atoms with Gasteiger partial charge in [0.1, 0.15) is 0 Å². The highest BCUT2D eigenvalue weighted by Gasteiger charge is 2.20. The second kappa shape index (κ2) is 6.39. The van der Waals surface area contributed by atoms with Gasteiger partial charge in [-0.2, -0.15) is 0 Å². The highest BCUT2D eigenvalue weighted by Crippen LogP contribution is 2.33. The molecule has 0 aliphatic heterocycles. The molecule has 1 aromatic carbocycles. The van der Waals surface area contributed by atoms with Crippen molar-refractivity contribution < 1.29 is 0 Å². The first kappa shape index (κ1) is 15.7. The maximum absolute atomic E-state index is 3.61. The Kier molecular flexibility index (Phi) is 5.28. The van der Waals surface area contributed by atoms with E-state index in [2.05, 4.69) is 97.3 Å². The van der Waals surface area contributed by atoms with Gasteiger partial charge < -0.3 is 5.32 Å². The third-order valence-electron chi connectivity index (χ3n) is 2.97. The van der Waals surface area contributed by atoms with Crippen molar-refractivity contribution in [3.8, 4) is 0 Å². The summed E-state index contributed by atoms with van der Waals surface area (Å²) in [5, 5.41) is 3.61. The molecule has 0 atom stereocenters. The zero-order valence-corrected chi connectivity index (χ0v) is 16.2. The molecule has 0 saturated heterocycles. The van der Waals surface area contributed by atoms with E-state index in [9.17, 15) is 0 Å². The quantitative estimate of drug-likeness (QED) is 0.576. The van der Waals surface area contributed by atoms with Gasteiger partial charge in [-0.05, 0) is 69.5 Å². The van der Waals surface area contributed by atoms with Crippen LogP contribution in [0.4, 0.5) is 0 Å². The number of rotatable bonds is 4. The van der Waals surface area contributed by atoms with Crippen LogP contribution in [0.2, 0.25) is 0 Å². The molecule has 1 N–H and O–H groups in total. The van der Waals surface area contributed by atoms with Crippen molar-refractivity contribution in [2.75, 3.05) is 0 Å². The number of hydrogen-bond acceptors (Lipinski definition) is 2. The molecule has 0 aliphatic carbocycles. The summed E-state index contributed by atoms with van der Waals surface area (Å²) in [5.41, 5.74) is 1.23. The summed E-state index contributed by atoms with van der Waals surface area (Å²) in [6.45, 7) is 5.26. The SMILES string of the molecule is CC(C)(NCc1cc(Br)c(Br)s1)c1ccc(Br)cc1. The van der Waals surface area contributed by atoms with Gasteiger partial charge in [0.25, 0.3) is 0 Å². The topological polar surface area (TPSA) is 12.0 Å².